The Morgan fingerprint density at radius 2 is 1.69 bits per heavy atom. The zero-order valence-corrected chi connectivity index (χ0v) is 41.5. The number of hydrogen-bond donors (Lipinski definition) is 5. The highest BCUT2D eigenvalue weighted by atomic mass is 16.6. The lowest BCUT2D eigenvalue weighted by atomic mass is 9.78. The summed E-state index contributed by atoms with van der Waals surface area (Å²) in [5.74, 6) is -6.17. The first-order valence-electron chi connectivity index (χ1n) is 24.8. The number of methoxy groups -OCH3 is 2. The van der Waals surface area contributed by atoms with Crippen molar-refractivity contribution in [2.24, 2.45) is 35.3 Å². The van der Waals surface area contributed by atoms with Gasteiger partial charge < -0.3 is 50.2 Å². The van der Waals surface area contributed by atoms with Crippen LogP contribution in [0.15, 0.2) is 58.4 Å². The molecule has 0 aromatic carbocycles. The molecule has 17 nitrogen and oxygen atoms in total. The van der Waals surface area contributed by atoms with Crippen molar-refractivity contribution >= 4 is 29.3 Å². The SMILES string of the molecule is CO[C@@H]1C[C@H](C[C@@H](C)[C@@H]2CC[C@H](N)/C=C(\C)[C@@H](O)[C@@H](OC)C(=O)[C@H](C)C[C@H](C)/C=C/C=C/C=C(\C)C(Nc3cnon3)C[C@@H]3CC[C@@H](C)[C@@](O)(O3)C(=O)C(=O)N3CCCC[C@H]3C(=O)O2)CC[C@H]1O. The van der Waals surface area contributed by atoms with Crippen LogP contribution in [0.1, 0.15) is 125 Å². The number of hydrogen-bond acceptors (Lipinski definition) is 16. The molecule has 68 heavy (non-hydrogen) atoms. The predicted molar refractivity (Wildman–Crippen MR) is 254 cm³/mol. The predicted octanol–water partition coefficient (Wildman–Crippen LogP) is 5.54. The van der Waals surface area contributed by atoms with Gasteiger partial charge in [-0.15, -0.1) is 0 Å². The number of rotatable bonds is 7. The van der Waals surface area contributed by atoms with Crippen LogP contribution in [0, 0.1) is 29.6 Å². The molecule has 4 aliphatic rings. The van der Waals surface area contributed by atoms with Crippen molar-refractivity contribution in [3.8, 4) is 0 Å². The van der Waals surface area contributed by atoms with E-state index < -0.39 is 83.9 Å². The Labute approximate surface area is 402 Å². The Kier molecular flexibility index (Phi) is 20.7. The number of aromatic nitrogens is 2. The molecule has 3 fully saturated rings. The molecule has 4 heterocycles. The summed E-state index contributed by atoms with van der Waals surface area (Å²) in [5.41, 5.74) is 8.03. The summed E-state index contributed by atoms with van der Waals surface area (Å²) >= 11 is 0. The number of anilines is 1. The zero-order chi connectivity index (χ0) is 49.7. The molecule has 1 unspecified atom stereocenters. The molecule has 2 saturated heterocycles. The zero-order valence-electron chi connectivity index (χ0n) is 41.5. The van der Waals surface area contributed by atoms with E-state index in [1.54, 1.807) is 27.0 Å². The summed E-state index contributed by atoms with van der Waals surface area (Å²) in [7, 11) is 3.00. The molecule has 17 heteroatoms. The van der Waals surface area contributed by atoms with E-state index in [2.05, 4.69) is 15.6 Å². The van der Waals surface area contributed by atoms with Crippen LogP contribution in [-0.4, -0.2) is 135 Å². The quantitative estimate of drug-likeness (QED) is 0.128. The first kappa shape index (κ1) is 54.8. The van der Waals surface area contributed by atoms with Gasteiger partial charge in [-0.1, -0.05) is 74.9 Å². The number of carbonyl (C=O) groups excluding carboxylic acids is 4. The molecule has 1 aliphatic carbocycles. The highest BCUT2D eigenvalue weighted by Gasteiger charge is 2.53. The number of nitrogens with zero attached hydrogens (tertiary/aromatic N) is 3. The number of nitrogens with one attached hydrogen (secondary N) is 1. The Morgan fingerprint density at radius 1 is 0.926 bits per heavy atom. The van der Waals surface area contributed by atoms with E-state index in [0.717, 1.165) is 12.0 Å². The second-order valence-electron chi connectivity index (χ2n) is 20.1. The number of cyclic esters (lactones) is 1. The van der Waals surface area contributed by atoms with Gasteiger partial charge in [0.2, 0.25) is 5.79 Å². The highest BCUT2D eigenvalue weighted by molar-refractivity contribution is 6.39. The van der Waals surface area contributed by atoms with E-state index >= 15 is 0 Å². The Hall–Kier alpha value is -4.10. The number of allylic oxidation sites excluding steroid dienone is 5. The van der Waals surface area contributed by atoms with Crippen LogP contribution in [0.25, 0.3) is 0 Å². The molecule has 380 valence electrons. The van der Waals surface area contributed by atoms with Crippen molar-refractivity contribution in [3.05, 3.63) is 53.8 Å². The van der Waals surface area contributed by atoms with Gasteiger partial charge in [-0.2, -0.15) is 0 Å². The summed E-state index contributed by atoms with van der Waals surface area (Å²) in [5, 5.41) is 45.0. The summed E-state index contributed by atoms with van der Waals surface area (Å²) in [6.45, 7) is 11.3. The maximum absolute atomic E-state index is 14.4. The number of nitrogens with two attached hydrogens (primary N) is 1. The van der Waals surface area contributed by atoms with Crippen molar-refractivity contribution in [3.63, 3.8) is 0 Å². The van der Waals surface area contributed by atoms with Gasteiger partial charge in [-0.25, -0.2) is 9.42 Å². The first-order chi connectivity index (χ1) is 32.4. The number of piperidine rings is 1. The topological polar surface area (TPSA) is 246 Å². The van der Waals surface area contributed by atoms with E-state index in [-0.39, 0.29) is 42.6 Å². The van der Waals surface area contributed by atoms with Crippen LogP contribution in [0.3, 0.4) is 0 Å². The highest BCUT2D eigenvalue weighted by Crippen LogP contribution is 2.38. The Morgan fingerprint density at radius 3 is 2.40 bits per heavy atom. The summed E-state index contributed by atoms with van der Waals surface area (Å²) in [6, 6.07) is -2.07. The molecular formula is C51H79N5O12. The summed E-state index contributed by atoms with van der Waals surface area (Å²) in [4.78, 5) is 58.1. The molecule has 15 atom stereocenters. The third-order valence-corrected chi connectivity index (χ3v) is 14.8. The largest absolute Gasteiger partial charge is 0.461 e. The average molecular weight is 954 g/mol. The Bertz CT molecular complexity index is 1940. The van der Waals surface area contributed by atoms with Crippen molar-refractivity contribution in [2.45, 2.75) is 186 Å². The van der Waals surface area contributed by atoms with Gasteiger partial charge in [0, 0.05) is 38.6 Å². The van der Waals surface area contributed by atoms with Crippen LogP contribution >= 0.6 is 0 Å². The summed E-state index contributed by atoms with van der Waals surface area (Å²) in [6.07, 6.45) is 14.8. The fourth-order valence-electron chi connectivity index (χ4n) is 10.5. The number of aliphatic hydroxyl groups is 3. The molecule has 1 saturated carbocycles. The van der Waals surface area contributed by atoms with Gasteiger partial charge in [-0.3, -0.25) is 14.4 Å². The number of fused-ring (bicyclic) bond motifs is 3. The minimum absolute atomic E-state index is 0.0176. The number of amides is 1. The maximum atomic E-state index is 14.4. The molecular weight excluding hydrogens is 875 g/mol. The maximum Gasteiger partial charge on any atom is 0.329 e. The smallest absolute Gasteiger partial charge is 0.329 e. The summed E-state index contributed by atoms with van der Waals surface area (Å²) < 4.78 is 28.7. The van der Waals surface area contributed by atoms with E-state index in [1.165, 1.54) is 18.2 Å². The molecule has 1 aromatic heterocycles. The lowest BCUT2D eigenvalue weighted by Crippen LogP contribution is -2.61. The number of ketones is 2. The second kappa shape index (κ2) is 25.7. The average Bonchev–Trinajstić information content (AvgIpc) is 3.84. The molecule has 2 bridgehead atoms. The third-order valence-electron chi connectivity index (χ3n) is 14.8. The Balaban J connectivity index is 1.46. The second-order valence-corrected chi connectivity index (χ2v) is 20.1. The van der Waals surface area contributed by atoms with Crippen molar-refractivity contribution < 1.29 is 58.1 Å². The standard InChI is InChI=1S/C51H79N5O12/c1-30-14-10-9-11-15-31(2)39(54-44-29-53-68-55-44)28-38-20-17-35(6)51(63,67-38)48(60)49(61)56-23-13-12-16-40(56)50(62)66-42(32(3)25-36-18-21-41(57)43(27-36)64-7)22-19-37(52)26-34(5)46(59)47(65-8)45(58)33(4)24-30/h9-11,14-15,26,29-30,32-33,35-43,46-47,57,59,63H,12-13,16-25,27-28,52H2,1-8H3,(H,54,55)/b11-9+,14-10+,31-15+,34-26+/t30-,32-,33-,35-,36+,37+,38+,39?,40+,41-,42+,43-,46-,47+,51-/m1/s1. The van der Waals surface area contributed by atoms with Crippen LogP contribution in [0.5, 0.6) is 0 Å². The number of ether oxygens (including phenoxy) is 4. The molecule has 0 radical (unpaired) electrons. The fourth-order valence-corrected chi connectivity index (χ4v) is 10.5. The third kappa shape index (κ3) is 14.5. The molecule has 3 aliphatic heterocycles. The van der Waals surface area contributed by atoms with Gasteiger partial charge >= 0.3 is 5.97 Å². The van der Waals surface area contributed by atoms with Crippen LogP contribution in [-0.2, 0) is 38.1 Å². The fraction of sp³-hybridized carbons (Fsp3) is 0.725. The van der Waals surface area contributed by atoms with Gasteiger partial charge in [-0.05, 0) is 126 Å². The molecule has 1 amide bonds. The van der Waals surface area contributed by atoms with Crippen molar-refractivity contribution in [1.29, 1.82) is 0 Å². The molecule has 1 aromatic rings. The minimum Gasteiger partial charge on any atom is -0.461 e. The van der Waals surface area contributed by atoms with E-state index in [9.17, 15) is 34.5 Å². The molecule has 6 N–H and O–H groups in total. The first-order valence-corrected chi connectivity index (χ1v) is 24.8. The van der Waals surface area contributed by atoms with Gasteiger partial charge in [0.25, 0.3) is 11.7 Å². The normalized spacial score (nSPS) is 39.1. The van der Waals surface area contributed by atoms with Crippen molar-refractivity contribution in [2.75, 3.05) is 26.1 Å². The number of esters is 1. The molecule has 5 rings (SSSR count). The van der Waals surface area contributed by atoms with Crippen LogP contribution < -0.4 is 11.1 Å². The number of carbonyl (C=O) groups is 4. The van der Waals surface area contributed by atoms with Gasteiger partial charge in [0.05, 0.1) is 24.4 Å². The lowest BCUT2D eigenvalue weighted by Gasteiger charge is -2.43. The van der Waals surface area contributed by atoms with Crippen LogP contribution in [0.4, 0.5) is 5.82 Å². The lowest BCUT2D eigenvalue weighted by molar-refractivity contribution is -0.263. The van der Waals surface area contributed by atoms with E-state index in [0.29, 0.717) is 82.0 Å². The number of Topliss-reactive ketones (excluding diaryl/α,β-unsaturated/α-hetero) is 2. The van der Waals surface area contributed by atoms with Crippen LogP contribution in [0.2, 0.25) is 0 Å². The van der Waals surface area contributed by atoms with E-state index in [4.69, 9.17) is 29.3 Å². The monoisotopic (exact) mass is 954 g/mol. The molecule has 0 spiro atoms. The van der Waals surface area contributed by atoms with Crippen molar-refractivity contribution in [1.82, 2.24) is 15.2 Å². The van der Waals surface area contributed by atoms with Gasteiger partial charge in [0.1, 0.15) is 30.6 Å². The van der Waals surface area contributed by atoms with E-state index in [1.807, 2.05) is 58.1 Å². The minimum atomic E-state index is -2.45. The number of aliphatic hydroxyl groups excluding tert-OH is 2. The van der Waals surface area contributed by atoms with Gasteiger partial charge in [0.15, 0.2) is 11.6 Å².